The largest absolute Gasteiger partial charge is 0.398 e. The minimum Gasteiger partial charge on any atom is -0.398 e. The summed E-state index contributed by atoms with van der Waals surface area (Å²) in [6.07, 6.45) is 2.59. The van der Waals surface area contributed by atoms with Gasteiger partial charge in [-0.3, -0.25) is 0 Å². The van der Waals surface area contributed by atoms with Crippen LogP contribution in [0.4, 0.5) is 5.69 Å². The Hall–Kier alpha value is -0.690. The fourth-order valence-corrected chi connectivity index (χ4v) is 1.50. The average molecular weight is 184 g/mol. The van der Waals surface area contributed by atoms with Crippen molar-refractivity contribution in [3.05, 3.63) is 29.8 Å². The second kappa shape index (κ2) is 2.98. The van der Waals surface area contributed by atoms with Gasteiger partial charge < -0.3 is 5.73 Å². The van der Waals surface area contributed by atoms with Crippen molar-refractivity contribution in [2.75, 3.05) is 5.73 Å². The molecule has 0 heterocycles. The summed E-state index contributed by atoms with van der Waals surface area (Å²) < 4.78 is 0. The van der Waals surface area contributed by atoms with E-state index in [1.807, 2.05) is 12.1 Å². The van der Waals surface area contributed by atoms with E-state index in [1.165, 1.54) is 18.4 Å². The van der Waals surface area contributed by atoms with Crippen molar-refractivity contribution in [1.29, 1.82) is 0 Å². The Bertz CT molecular complexity index is 279. The molecule has 66 valence electrons. The summed E-state index contributed by atoms with van der Waals surface area (Å²) in [5.41, 5.74) is 8.54. The molecule has 0 amide bonds. The zero-order chi connectivity index (χ0) is 7.90. The SMILES string of the molecule is CC1(c2ccccc2N)CC1.Cl. The summed E-state index contributed by atoms with van der Waals surface area (Å²) >= 11 is 0. The van der Waals surface area contributed by atoms with Crippen molar-refractivity contribution in [3.63, 3.8) is 0 Å². The number of hydrogen-bond donors (Lipinski definition) is 1. The third-order valence-electron chi connectivity index (χ3n) is 2.61. The van der Waals surface area contributed by atoms with Gasteiger partial charge in [-0.05, 0) is 29.9 Å². The molecular weight excluding hydrogens is 170 g/mol. The van der Waals surface area contributed by atoms with Crippen molar-refractivity contribution in [2.24, 2.45) is 0 Å². The van der Waals surface area contributed by atoms with E-state index in [1.54, 1.807) is 0 Å². The topological polar surface area (TPSA) is 26.0 Å². The van der Waals surface area contributed by atoms with Gasteiger partial charge in [0.2, 0.25) is 0 Å². The maximum absolute atomic E-state index is 5.85. The number of anilines is 1. The molecule has 1 aliphatic carbocycles. The Labute approximate surface area is 79.4 Å². The number of rotatable bonds is 1. The molecule has 1 saturated carbocycles. The number of hydrogen-bond acceptors (Lipinski definition) is 1. The zero-order valence-electron chi connectivity index (χ0n) is 7.21. The first-order valence-electron chi connectivity index (χ1n) is 4.07. The first-order valence-corrected chi connectivity index (χ1v) is 4.07. The third kappa shape index (κ3) is 1.42. The summed E-state index contributed by atoms with van der Waals surface area (Å²) in [5, 5.41) is 0. The molecule has 1 aliphatic rings. The van der Waals surface area contributed by atoms with E-state index in [4.69, 9.17) is 5.73 Å². The van der Waals surface area contributed by atoms with Crippen LogP contribution < -0.4 is 5.73 Å². The predicted molar refractivity (Wildman–Crippen MR) is 54.7 cm³/mol. The molecule has 0 bridgehead atoms. The second-order valence-corrected chi connectivity index (χ2v) is 3.65. The van der Waals surface area contributed by atoms with Gasteiger partial charge in [-0.1, -0.05) is 25.1 Å². The van der Waals surface area contributed by atoms with Crippen LogP contribution in [0.15, 0.2) is 24.3 Å². The molecule has 0 unspecified atom stereocenters. The first-order chi connectivity index (χ1) is 5.22. The molecule has 2 N–H and O–H groups in total. The highest BCUT2D eigenvalue weighted by atomic mass is 35.5. The van der Waals surface area contributed by atoms with Gasteiger partial charge in [0.25, 0.3) is 0 Å². The van der Waals surface area contributed by atoms with Gasteiger partial charge in [-0.2, -0.15) is 0 Å². The van der Waals surface area contributed by atoms with E-state index in [0.29, 0.717) is 5.41 Å². The van der Waals surface area contributed by atoms with Gasteiger partial charge >= 0.3 is 0 Å². The summed E-state index contributed by atoms with van der Waals surface area (Å²) in [7, 11) is 0. The summed E-state index contributed by atoms with van der Waals surface area (Å²) in [6.45, 7) is 2.28. The Morgan fingerprint density at radius 2 is 1.83 bits per heavy atom. The fourth-order valence-electron chi connectivity index (χ4n) is 1.50. The number of nitrogen functional groups attached to an aromatic ring is 1. The minimum atomic E-state index is 0. The lowest BCUT2D eigenvalue weighted by Crippen LogP contribution is -2.03. The van der Waals surface area contributed by atoms with Gasteiger partial charge in [0.15, 0.2) is 0 Å². The Kier molecular flexibility index (Phi) is 2.34. The van der Waals surface area contributed by atoms with Gasteiger partial charge in [0.1, 0.15) is 0 Å². The number of para-hydroxylation sites is 1. The summed E-state index contributed by atoms with van der Waals surface area (Å²) in [4.78, 5) is 0. The van der Waals surface area contributed by atoms with Gasteiger partial charge in [0.05, 0.1) is 0 Å². The molecule has 0 radical (unpaired) electrons. The standard InChI is InChI=1S/C10H13N.ClH/c1-10(6-7-10)8-4-2-3-5-9(8)11;/h2-5H,6-7,11H2,1H3;1H. The van der Waals surface area contributed by atoms with Crippen LogP contribution in [0, 0.1) is 0 Å². The van der Waals surface area contributed by atoms with Crippen LogP contribution in [-0.4, -0.2) is 0 Å². The molecule has 1 fully saturated rings. The number of benzene rings is 1. The third-order valence-corrected chi connectivity index (χ3v) is 2.61. The molecule has 1 aromatic carbocycles. The van der Waals surface area contributed by atoms with Crippen LogP contribution in [0.2, 0.25) is 0 Å². The maximum atomic E-state index is 5.85. The van der Waals surface area contributed by atoms with Crippen molar-refractivity contribution in [3.8, 4) is 0 Å². The monoisotopic (exact) mass is 183 g/mol. The van der Waals surface area contributed by atoms with Gasteiger partial charge in [0, 0.05) is 5.69 Å². The van der Waals surface area contributed by atoms with Crippen molar-refractivity contribution in [1.82, 2.24) is 0 Å². The van der Waals surface area contributed by atoms with Crippen molar-refractivity contribution in [2.45, 2.75) is 25.2 Å². The number of nitrogens with two attached hydrogens (primary N) is 1. The quantitative estimate of drug-likeness (QED) is 0.666. The summed E-state index contributed by atoms with van der Waals surface area (Å²) in [5.74, 6) is 0. The second-order valence-electron chi connectivity index (χ2n) is 3.65. The highest BCUT2D eigenvalue weighted by molar-refractivity contribution is 5.85. The van der Waals surface area contributed by atoms with Crippen molar-refractivity contribution < 1.29 is 0 Å². The van der Waals surface area contributed by atoms with Crippen LogP contribution in [0.1, 0.15) is 25.3 Å². The van der Waals surface area contributed by atoms with Crippen LogP contribution >= 0.6 is 12.4 Å². The van der Waals surface area contributed by atoms with Crippen LogP contribution in [0.25, 0.3) is 0 Å². The van der Waals surface area contributed by atoms with E-state index >= 15 is 0 Å². The molecule has 1 aromatic rings. The Morgan fingerprint density at radius 1 is 1.25 bits per heavy atom. The zero-order valence-corrected chi connectivity index (χ0v) is 8.03. The molecule has 0 aromatic heterocycles. The molecule has 12 heavy (non-hydrogen) atoms. The number of halogens is 1. The normalized spacial score (nSPS) is 18.1. The summed E-state index contributed by atoms with van der Waals surface area (Å²) in [6, 6.07) is 8.18. The van der Waals surface area contributed by atoms with Crippen LogP contribution in [-0.2, 0) is 5.41 Å². The lowest BCUT2D eigenvalue weighted by molar-refractivity contribution is 0.791. The highest BCUT2D eigenvalue weighted by Gasteiger charge is 2.39. The molecule has 0 atom stereocenters. The molecular formula is C10H14ClN. The van der Waals surface area contributed by atoms with Gasteiger partial charge in [-0.15, -0.1) is 12.4 Å². The minimum absolute atomic E-state index is 0. The maximum Gasteiger partial charge on any atom is 0.0352 e. The highest BCUT2D eigenvalue weighted by Crippen LogP contribution is 2.49. The van der Waals surface area contributed by atoms with E-state index in [2.05, 4.69) is 19.1 Å². The first kappa shape index (κ1) is 9.40. The van der Waals surface area contributed by atoms with Crippen molar-refractivity contribution >= 4 is 18.1 Å². The Morgan fingerprint density at radius 3 is 2.33 bits per heavy atom. The molecule has 2 rings (SSSR count). The van der Waals surface area contributed by atoms with Crippen LogP contribution in [0.5, 0.6) is 0 Å². The van der Waals surface area contributed by atoms with Crippen LogP contribution in [0.3, 0.4) is 0 Å². The smallest absolute Gasteiger partial charge is 0.0352 e. The lowest BCUT2D eigenvalue weighted by atomic mass is 9.97. The van der Waals surface area contributed by atoms with E-state index in [0.717, 1.165) is 5.69 Å². The Balaban J connectivity index is 0.000000720. The lowest BCUT2D eigenvalue weighted by Gasteiger charge is -2.10. The van der Waals surface area contributed by atoms with Gasteiger partial charge in [-0.25, -0.2) is 0 Å². The van der Waals surface area contributed by atoms with E-state index < -0.39 is 0 Å². The van der Waals surface area contributed by atoms with E-state index in [9.17, 15) is 0 Å². The predicted octanol–water partition coefficient (Wildman–Crippen LogP) is 2.74. The molecule has 0 aliphatic heterocycles. The fraction of sp³-hybridized carbons (Fsp3) is 0.400. The molecule has 2 heteroatoms. The average Bonchev–Trinajstić information content (AvgIpc) is 2.70. The molecule has 1 nitrogen and oxygen atoms in total. The molecule has 0 saturated heterocycles. The van der Waals surface area contributed by atoms with E-state index in [-0.39, 0.29) is 12.4 Å². The molecule has 0 spiro atoms.